The average Bonchev–Trinajstić information content (AvgIpc) is 2.23. The smallest absolute Gasteiger partial charge is 0.222 e. The van der Waals surface area contributed by atoms with E-state index in [0.717, 1.165) is 6.54 Å². The molecule has 0 amide bonds. The maximum absolute atomic E-state index is 8.41. The van der Waals surface area contributed by atoms with Crippen LogP contribution in [-0.2, 0) is 0 Å². The number of nitriles is 1. The molecule has 0 fully saturated rings. The average molecular weight is 178 g/mol. The van der Waals surface area contributed by atoms with Crippen molar-refractivity contribution < 1.29 is 0 Å². The van der Waals surface area contributed by atoms with Crippen LogP contribution in [0.1, 0.15) is 26.3 Å². The van der Waals surface area contributed by atoms with Crippen molar-refractivity contribution in [1.29, 1.82) is 5.26 Å². The van der Waals surface area contributed by atoms with Gasteiger partial charge in [-0.2, -0.15) is 5.26 Å². The lowest BCUT2D eigenvalue weighted by Crippen LogP contribution is -2.01. The maximum Gasteiger partial charge on any atom is 0.222 e. The van der Waals surface area contributed by atoms with Crippen LogP contribution in [0, 0.1) is 11.3 Å². The van der Waals surface area contributed by atoms with Crippen LogP contribution in [-0.4, -0.2) is 16.5 Å². The summed E-state index contributed by atoms with van der Waals surface area (Å²) >= 11 is 0. The molecular formula is C9H14N4. The fourth-order valence-corrected chi connectivity index (χ4v) is 0.635. The zero-order valence-electron chi connectivity index (χ0n) is 8.20. The third-order valence-corrected chi connectivity index (χ3v) is 1.12. The van der Waals surface area contributed by atoms with Gasteiger partial charge in [0.1, 0.15) is 6.07 Å². The lowest BCUT2D eigenvalue weighted by molar-refractivity contribution is 1.08. The Balaban J connectivity index is 0.000000671. The first-order chi connectivity index (χ1) is 6.36. The fraction of sp³-hybridized carbons (Fsp3) is 0.444. The van der Waals surface area contributed by atoms with E-state index >= 15 is 0 Å². The summed E-state index contributed by atoms with van der Waals surface area (Å²) in [6.07, 6.45) is 2.98. The molecule has 0 aromatic carbocycles. The van der Waals surface area contributed by atoms with Crippen LogP contribution < -0.4 is 5.32 Å². The molecular weight excluding hydrogens is 164 g/mol. The molecule has 1 rings (SSSR count). The molecule has 1 N–H and O–H groups in total. The highest BCUT2D eigenvalue weighted by atomic mass is 15.1. The zero-order chi connectivity index (χ0) is 10.1. The van der Waals surface area contributed by atoms with E-state index in [0.29, 0.717) is 11.5 Å². The van der Waals surface area contributed by atoms with Gasteiger partial charge >= 0.3 is 0 Å². The van der Waals surface area contributed by atoms with Crippen LogP contribution in [0.25, 0.3) is 0 Å². The van der Waals surface area contributed by atoms with Crippen LogP contribution in [0.15, 0.2) is 12.4 Å². The predicted molar refractivity (Wildman–Crippen MR) is 52.3 cm³/mol. The summed E-state index contributed by atoms with van der Waals surface area (Å²) in [5.41, 5.74) is 0.478. The Kier molecular flexibility index (Phi) is 6.16. The van der Waals surface area contributed by atoms with Gasteiger partial charge in [-0.25, -0.2) is 9.97 Å². The van der Waals surface area contributed by atoms with E-state index in [2.05, 4.69) is 15.3 Å². The minimum Gasteiger partial charge on any atom is -0.355 e. The molecule has 4 heteroatoms. The minimum atomic E-state index is 0.478. The van der Waals surface area contributed by atoms with Gasteiger partial charge in [0.25, 0.3) is 0 Å². The molecule has 0 atom stereocenters. The molecule has 1 heterocycles. The molecule has 4 nitrogen and oxygen atoms in total. The third kappa shape index (κ3) is 4.06. The number of rotatable bonds is 2. The quantitative estimate of drug-likeness (QED) is 0.750. The zero-order valence-corrected chi connectivity index (χ0v) is 8.20. The second-order valence-electron chi connectivity index (χ2n) is 1.94. The number of anilines is 1. The first kappa shape index (κ1) is 11.4. The number of aromatic nitrogens is 2. The molecule has 0 saturated carbocycles. The molecule has 0 aliphatic carbocycles. The molecule has 0 aliphatic rings. The molecule has 1 aromatic heterocycles. The number of nitrogens with zero attached hydrogens (tertiary/aromatic N) is 3. The Hall–Kier alpha value is -1.63. The predicted octanol–water partition coefficient (Wildman–Crippen LogP) is 1.81. The standard InChI is InChI=1S/C7H8N4.C2H6/c1-2-9-7-10-4-6(3-8)5-11-7;1-2/h4-5H,2H2,1H3,(H,9,10,11);1-2H3. The molecule has 0 spiro atoms. The molecule has 1 aromatic rings. The Morgan fingerprint density at radius 1 is 1.38 bits per heavy atom. The Morgan fingerprint density at radius 2 is 1.92 bits per heavy atom. The van der Waals surface area contributed by atoms with Crippen LogP contribution in [0.3, 0.4) is 0 Å². The van der Waals surface area contributed by atoms with Crippen molar-refractivity contribution in [3.05, 3.63) is 18.0 Å². The van der Waals surface area contributed by atoms with Gasteiger partial charge in [0.2, 0.25) is 5.95 Å². The fourth-order valence-electron chi connectivity index (χ4n) is 0.635. The van der Waals surface area contributed by atoms with Gasteiger partial charge < -0.3 is 5.32 Å². The molecule has 0 aliphatic heterocycles. The van der Waals surface area contributed by atoms with Crippen LogP contribution in [0.4, 0.5) is 5.95 Å². The van der Waals surface area contributed by atoms with Crippen molar-refractivity contribution >= 4 is 5.95 Å². The van der Waals surface area contributed by atoms with Crippen LogP contribution >= 0.6 is 0 Å². The molecule has 0 unspecified atom stereocenters. The van der Waals surface area contributed by atoms with E-state index in [1.54, 1.807) is 0 Å². The SMILES string of the molecule is CC.CCNc1ncc(C#N)cn1. The highest BCUT2D eigenvalue weighted by Crippen LogP contribution is 1.97. The van der Waals surface area contributed by atoms with Gasteiger partial charge in [0.05, 0.1) is 18.0 Å². The number of nitrogens with one attached hydrogen (secondary N) is 1. The number of hydrogen-bond acceptors (Lipinski definition) is 4. The van der Waals surface area contributed by atoms with Crippen molar-refractivity contribution in [2.75, 3.05) is 11.9 Å². The highest BCUT2D eigenvalue weighted by Gasteiger charge is 1.92. The van der Waals surface area contributed by atoms with Crippen LogP contribution in [0.5, 0.6) is 0 Å². The number of hydrogen-bond donors (Lipinski definition) is 1. The van der Waals surface area contributed by atoms with Gasteiger partial charge in [-0.15, -0.1) is 0 Å². The highest BCUT2D eigenvalue weighted by molar-refractivity contribution is 5.29. The summed E-state index contributed by atoms with van der Waals surface area (Å²) in [5, 5.41) is 11.3. The summed E-state index contributed by atoms with van der Waals surface area (Å²) in [6.45, 7) is 6.74. The van der Waals surface area contributed by atoms with Crippen molar-refractivity contribution in [3.63, 3.8) is 0 Å². The maximum atomic E-state index is 8.41. The van der Waals surface area contributed by atoms with Gasteiger partial charge in [0, 0.05) is 6.54 Å². The second kappa shape index (κ2) is 7.04. The minimum absolute atomic E-state index is 0.478. The van der Waals surface area contributed by atoms with E-state index in [1.165, 1.54) is 12.4 Å². The summed E-state index contributed by atoms with van der Waals surface area (Å²) in [7, 11) is 0. The van der Waals surface area contributed by atoms with Gasteiger partial charge in [0.15, 0.2) is 0 Å². The molecule has 0 bridgehead atoms. The van der Waals surface area contributed by atoms with Gasteiger partial charge in [-0.1, -0.05) is 13.8 Å². The Bertz CT molecular complexity index is 260. The largest absolute Gasteiger partial charge is 0.355 e. The lowest BCUT2D eigenvalue weighted by atomic mass is 10.4. The van der Waals surface area contributed by atoms with E-state index in [-0.39, 0.29) is 0 Å². The first-order valence-corrected chi connectivity index (χ1v) is 4.33. The van der Waals surface area contributed by atoms with Gasteiger partial charge in [-0.05, 0) is 6.92 Å². The lowest BCUT2D eigenvalue weighted by Gasteiger charge is -1.97. The van der Waals surface area contributed by atoms with Gasteiger partial charge in [-0.3, -0.25) is 0 Å². The monoisotopic (exact) mass is 178 g/mol. The normalized spacial score (nSPS) is 7.85. The molecule has 0 radical (unpaired) electrons. The van der Waals surface area contributed by atoms with Crippen molar-refractivity contribution in [2.24, 2.45) is 0 Å². The van der Waals surface area contributed by atoms with Crippen molar-refractivity contribution in [2.45, 2.75) is 20.8 Å². The molecule has 70 valence electrons. The van der Waals surface area contributed by atoms with E-state index in [4.69, 9.17) is 5.26 Å². The summed E-state index contributed by atoms with van der Waals surface area (Å²) < 4.78 is 0. The summed E-state index contributed by atoms with van der Waals surface area (Å²) in [4.78, 5) is 7.79. The summed E-state index contributed by atoms with van der Waals surface area (Å²) in [5.74, 6) is 0.562. The van der Waals surface area contributed by atoms with Crippen molar-refractivity contribution in [3.8, 4) is 6.07 Å². The third-order valence-electron chi connectivity index (χ3n) is 1.12. The van der Waals surface area contributed by atoms with E-state index < -0.39 is 0 Å². The molecule has 0 saturated heterocycles. The van der Waals surface area contributed by atoms with E-state index in [9.17, 15) is 0 Å². The Morgan fingerprint density at radius 3 is 2.31 bits per heavy atom. The molecule has 13 heavy (non-hydrogen) atoms. The first-order valence-electron chi connectivity index (χ1n) is 4.33. The van der Waals surface area contributed by atoms with Crippen molar-refractivity contribution in [1.82, 2.24) is 9.97 Å². The van der Waals surface area contributed by atoms with E-state index in [1.807, 2.05) is 26.8 Å². The Labute approximate surface area is 78.6 Å². The summed E-state index contributed by atoms with van der Waals surface area (Å²) in [6, 6.07) is 1.94. The second-order valence-corrected chi connectivity index (χ2v) is 1.94. The van der Waals surface area contributed by atoms with Crippen LogP contribution in [0.2, 0.25) is 0 Å². The topological polar surface area (TPSA) is 61.6 Å².